The summed E-state index contributed by atoms with van der Waals surface area (Å²) < 4.78 is 5.40. The number of aromatic nitrogens is 1. The van der Waals surface area contributed by atoms with E-state index in [-0.39, 0.29) is 18.1 Å². The van der Waals surface area contributed by atoms with Crippen molar-refractivity contribution in [3.05, 3.63) is 53.2 Å². The van der Waals surface area contributed by atoms with E-state index < -0.39 is 5.97 Å². The maximum atomic E-state index is 12.7. The normalized spacial score (nSPS) is 10.5. The standard InChI is InChI=1S/C17H20N2O4/c1-12-16(23-13(2)18-12)17(22)19(10-6-9-15(20)21)11-14-7-4-3-5-8-14/h3-5,7-8H,6,9-11H2,1-2H3,(H,20,21). The van der Waals surface area contributed by atoms with E-state index in [9.17, 15) is 9.59 Å². The number of carboxylic acids is 1. The van der Waals surface area contributed by atoms with Gasteiger partial charge in [-0.25, -0.2) is 4.98 Å². The topological polar surface area (TPSA) is 83.6 Å². The van der Waals surface area contributed by atoms with Gasteiger partial charge in [-0.05, 0) is 18.9 Å². The fraction of sp³-hybridized carbons (Fsp3) is 0.353. The highest BCUT2D eigenvalue weighted by Crippen LogP contribution is 2.15. The Kier molecular flexibility index (Phi) is 5.51. The molecule has 1 N–H and O–H groups in total. The van der Waals surface area contributed by atoms with Gasteiger partial charge in [0, 0.05) is 26.4 Å². The van der Waals surface area contributed by atoms with Crippen LogP contribution in [0.15, 0.2) is 34.7 Å². The van der Waals surface area contributed by atoms with Gasteiger partial charge in [0.15, 0.2) is 5.89 Å². The van der Waals surface area contributed by atoms with Crippen LogP contribution < -0.4 is 0 Å². The van der Waals surface area contributed by atoms with Crippen molar-refractivity contribution < 1.29 is 19.1 Å². The van der Waals surface area contributed by atoms with Crippen molar-refractivity contribution in [2.45, 2.75) is 33.2 Å². The number of aryl methyl sites for hydroxylation is 2. The summed E-state index contributed by atoms with van der Waals surface area (Å²) in [5, 5.41) is 8.79. The summed E-state index contributed by atoms with van der Waals surface area (Å²) >= 11 is 0. The van der Waals surface area contributed by atoms with Crippen LogP contribution in [0.25, 0.3) is 0 Å². The zero-order chi connectivity index (χ0) is 16.8. The van der Waals surface area contributed by atoms with Crippen molar-refractivity contribution >= 4 is 11.9 Å². The first kappa shape index (κ1) is 16.7. The maximum Gasteiger partial charge on any atom is 0.303 e. The summed E-state index contributed by atoms with van der Waals surface area (Å²) in [5.74, 6) is -0.481. The maximum absolute atomic E-state index is 12.7. The number of carbonyl (C=O) groups is 2. The molecule has 1 amide bonds. The van der Waals surface area contributed by atoms with Crippen molar-refractivity contribution in [1.82, 2.24) is 9.88 Å². The van der Waals surface area contributed by atoms with E-state index >= 15 is 0 Å². The van der Waals surface area contributed by atoms with Gasteiger partial charge in [0.05, 0.1) is 5.69 Å². The molecule has 0 saturated carbocycles. The minimum atomic E-state index is -0.871. The molecule has 0 aliphatic rings. The lowest BCUT2D eigenvalue weighted by molar-refractivity contribution is -0.137. The van der Waals surface area contributed by atoms with Crippen molar-refractivity contribution in [2.24, 2.45) is 0 Å². The van der Waals surface area contributed by atoms with Gasteiger partial charge in [-0.15, -0.1) is 0 Å². The molecule has 1 heterocycles. The van der Waals surface area contributed by atoms with Crippen LogP contribution in [0.3, 0.4) is 0 Å². The van der Waals surface area contributed by atoms with Crippen LogP contribution in [0.1, 0.15) is 40.5 Å². The molecule has 0 saturated heterocycles. The first-order valence-corrected chi connectivity index (χ1v) is 7.46. The SMILES string of the molecule is Cc1nc(C)c(C(=O)N(CCCC(=O)O)Cc2ccccc2)o1. The number of oxazole rings is 1. The summed E-state index contributed by atoms with van der Waals surface area (Å²) in [7, 11) is 0. The van der Waals surface area contributed by atoms with E-state index in [1.165, 1.54) is 0 Å². The zero-order valence-electron chi connectivity index (χ0n) is 13.3. The summed E-state index contributed by atoms with van der Waals surface area (Å²) in [6.45, 7) is 4.16. The molecule has 0 atom stereocenters. The van der Waals surface area contributed by atoms with Gasteiger partial charge in [0.25, 0.3) is 5.91 Å². The van der Waals surface area contributed by atoms with Crippen LogP contribution in [0, 0.1) is 13.8 Å². The molecule has 23 heavy (non-hydrogen) atoms. The largest absolute Gasteiger partial charge is 0.481 e. The Morgan fingerprint density at radius 2 is 1.91 bits per heavy atom. The molecule has 0 aliphatic carbocycles. The molecule has 1 aromatic carbocycles. The number of benzene rings is 1. The second kappa shape index (κ2) is 7.58. The van der Waals surface area contributed by atoms with Gasteiger partial charge >= 0.3 is 5.97 Å². The molecule has 122 valence electrons. The molecule has 0 spiro atoms. The Balaban J connectivity index is 2.16. The number of nitrogens with zero attached hydrogens (tertiary/aromatic N) is 2. The number of aliphatic carboxylic acids is 1. The van der Waals surface area contributed by atoms with Crippen molar-refractivity contribution in [3.63, 3.8) is 0 Å². The Morgan fingerprint density at radius 1 is 1.22 bits per heavy atom. The second-order valence-corrected chi connectivity index (χ2v) is 5.36. The third-order valence-corrected chi connectivity index (χ3v) is 3.42. The lowest BCUT2D eigenvalue weighted by Crippen LogP contribution is -2.32. The van der Waals surface area contributed by atoms with Crippen LogP contribution in [-0.4, -0.2) is 33.4 Å². The van der Waals surface area contributed by atoms with Crippen LogP contribution >= 0.6 is 0 Å². The molecule has 1 aromatic heterocycles. The smallest absolute Gasteiger partial charge is 0.303 e. The molecule has 0 aliphatic heterocycles. The number of carboxylic acid groups (broad SMARTS) is 1. The van der Waals surface area contributed by atoms with Gasteiger partial charge < -0.3 is 14.4 Å². The van der Waals surface area contributed by atoms with Crippen molar-refractivity contribution in [1.29, 1.82) is 0 Å². The molecule has 0 unspecified atom stereocenters. The highest BCUT2D eigenvalue weighted by molar-refractivity contribution is 5.92. The molecule has 6 nitrogen and oxygen atoms in total. The van der Waals surface area contributed by atoms with E-state index in [1.807, 2.05) is 30.3 Å². The van der Waals surface area contributed by atoms with E-state index in [2.05, 4.69) is 4.98 Å². The van der Waals surface area contributed by atoms with Crippen molar-refractivity contribution in [2.75, 3.05) is 6.54 Å². The highest BCUT2D eigenvalue weighted by atomic mass is 16.4. The summed E-state index contributed by atoms with van der Waals surface area (Å²) in [5.41, 5.74) is 1.52. The van der Waals surface area contributed by atoms with Crippen LogP contribution in [0.4, 0.5) is 0 Å². The minimum absolute atomic E-state index is 0.0208. The average molecular weight is 316 g/mol. The molecular weight excluding hydrogens is 296 g/mol. The molecular formula is C17H20N2O4. The van der Waals surface area contributed by atoms with E-state index in [0.29, 0.717) is 31.1 Å². The summed E-state index contributed by atoms with van der Waals surface area (Å²) in [6.07, 6.45) is 0.410. The lowest BCUT2D eigenvalue weighted by atomic mass is 10.2. The van der Waals surface area contributed by atoms with Gasteiger partial charge in [-0.1, -0.05) is 30.3 Å². The Labute approximate surface area is 134 Å². The average Bonchev–Trinajstić information content (AvgIpc) is 2.85. The number of hydrogen-bond donors (Lipinski definition) is 1. The Morgan fingerprint density at radius 3 is 2.48 bits per heavy atom. The predicted octanol–water partition coefficient (Wildman–Crippen LogP) is 2.80. The molecule has 0 radical (unpaired) electrons. The quantitative estimate of drug-likeness (QED) is 0.849. The highest BCUT2D eigenvalue weighted by Gasteiger charge is 2.22. The summed E-state index contributed by atoms with van der Waals surface area (Å²) in [6, 6.07) is 9.56. The molecule has 2 aromatic rings. The molecule has 2 rings (SSSR count). The number of hydrogen-bond acceptors (Lipinski definition) is 4. The number of amides is 1. The van der Waals surface area contributed by atoms with Gasteiger partial charge in [0.1, 0.15) is 0 Å². The van der Waals surface area contributed by atoms with E-state index in [1.54, 1.807) is 18.7 Å². The van der Waals surface area contributed by atoms with Crippen LogP contribution in [0.2, 0.25) is 0 Å². The number of rotatable bonds is 7. The van der Waals surface area contributed by atoms with Gasteiger partial charge in [0.2, 0.25) is 5.76 Å². The minimum Gasteiger partial charge on any atom is -0.481 e. The Hall–Kier alpha value is -2.63. The van der Waals surface area contributed by atoms with Crippen LogP contribution in [0.5, 0.6) is 0 Å². The fourth-order valence-electron chi connectivity index (χ4n) is 2.35. The first-order chi connectivity index (χ1) is 11.0. The molecule has 0 fully saturated rings. The first-order valence-electron chi connectivity index (χ1n) is 7.46. The van der Waals surface area contributed by atoms with E-state index in [0.717, 1.165) is 5.56 Å². The molecule has 6 heteroatoms. The van der Waals surface area contributed by atoms with Crippen LogP contribution in [-0.2, 0) is 11.3 Å². The zero-order valence-corrected chi connectivity index (χ0v) is 13.3. The second-order valence-electron chi connectivity index (χ2n) is 5.36. The Bertz CT molecular complexity index is 679. The monoisotopic (exact) mass is 316 g/mol. The third kappa shape index (κ3) is 4.67. The summed E-state index contributed by atoms with van der Waals surface area (Å²) in [4.78, 5) is 29.1. The fourth-order valence-corrected chi connectivity index (χ4v) is 2.35. The predicted molar refractivity (Wildman–Crippen MR) is 84.0 cm³/mol. The van der Waals surface area contributed by atoms with Crippen molar-refractivity contribution in [3.8, 4) is 0 Å². The van der Waals surface area contributed by atoms with Gasteiger partial charge in [-0.3, -0.25) is 9.59 Å². The lowest BCUT2D eigenvalue weighted by Gasteiger charge is -2.21. The van der Waals surface area contributed by atoms with E-state index in [4.69, 9.17) is 9.52 Å². The third-order valence-electron chi connectivity index (χ3n) is 3.42. The molecule has 0 bridgehead atoms. The van der Waals surface area contributed by atoms with Gasteiger partial charge in [-0.2, -0.15) is 0 Å². The number of carbonyl (C=O) groups excluding carboxylic acids is 1.